The van der Waals surface area contributed by atoms with Gasteiger partial charge in [0.1, 0.15) is 0 Å². The number of rotatable bonds is 3. The van der Waals surface area contributed by atoms with Gasteiger partial charge in [0, 0.05) is 0 Å². The van der Waals surface area contributed by atoms with Crippen LogP contribution in [0, 0.1) is 0 Å². The summed E-state index contributed by atoms with van der Waals surface area (Å²) in [5.41, 5.74) is 6.92. The third-order valence-electron chi connectivity index (χ3n) is 5.43. The van der Waals surface area contributed by atoms with E-state index < -0.39 is 21.5 Å². The van der Waals surface area contributed by atoms with Crippen molar-refractivity contribution in [2.75, 3.05) is 5.32 Å². The van der Waals surface area contributed by atoms with E-state index in [-0.39, 0.29) is 24.5 Å². The number of aromatic nitrogens is 1. The van der Waals surface area contributed by atoms with E-state index in [1.54, 1.807) is 6.20 Å². The van der Waals surface area contributed by atoms with E-state index in [1.807, 2.05) is 42.6 Å². The van der Waals surface area contributed by atoms with E-state index in [4.69, 9.17) is 0 Å². The number of carbonyl (C=O) groups excluding carboxylic acids is 1. The average molecular weight is 496 g/mol. The molecule has 0 aliphatic carbocycles. The van der Waals surface area contributed by atoms with Crippen LogP contribution < -0.4 is 30.3 Å². The van der Waals surface area contributed by atoms with Crippen molar-refractivity contribution in [1.82, 2.24) is 8.51 Å². The molecule has 2 atom stereocenters. The van der Waals surface area contributed by atoms with E-state index in [1.165, 1.54) is 5.57 Å². The predicted octanol–water partition coefficient (Wildman–Crippen LogP) is 0.613. The second-order valence-electron chi connectivity index (χ2n) is 7.11. The van der Waals surface area contributed by atoms with Crippen molar-refractivity contribution in [2.45, 2.75) is 18.6 Å². The molecule has 0 spiro atoms. The van der Waals surface area contributed by atoms with Crippen LogP contribution in [0.15, 0.2) is 71.1 Å². The summed E-state index contributed by atoms with van der Waals surface area (Å²) in [5, 5.41) is 13.3. The number of halogens is 1. The standard InChI is InChI=1S/C23H19IN3O2/c28-13-14-4-1-5-15(10-14)20-18-11-24-27-23(29)17-7-2-8-19(21(17)18)26-22(20)16-6-3-9-25-12-16/h1-12,20,22,26,28H,13H2,(H,27,29)/q-1. The predicted molar refractivity (Wildman–Crippen MR) is 108 cm³/mol. The zero-order valence-corrected chi connectivity index (χ0v) is 17.6. The van der Waals surface area contributed by atoms with Crippen molar-refractivity contribution in [1.29, 1.82) is 0 Å². The van der Waals surface area contributed by atoms with Crippen molar-refractivity contribution in [2.24, 2.45) is 0 Å². The Morgan fingerprint density at radius 2 is 1.93 bits per heavy atom. The van der Waals surface area contributed by atoms with Crippen LogP contribution in [0.4, 0.5) is 5.69 Å². The Hall–Kier alpha value is -2.71. The van der Waals surface area contributed by atoms with Gasteiger partial charge in [-0.05, 0) is 0 Å². The molecule has 5 rings (SSSR count). The monoisotopic (exact) mass is 496 g/mol. The summed E-state index contributed by atoms with van der Waals surface area (Å²) in [7, 11) is 0. The van der Waals surface area contributed by atoms with Crippen molar-refractivity contribution in [3.63, 3.8) is 0 Å². The molecule has 5 nitrogen and oxygen atoms in total. The van der Waals surface area contributed by atoms with Gasteiger partial charge in [-0.1, -0.05) is 0 Å². The molecule has 1 aromatic heterocycles. The minimum absolute atomic E-state index is 0.000591. The van der Waals surface area contributed by atoms with Crippen LogP contribution in [0.5, 0.6) is 0 Å². The van der Waals surface area contributed by atoms with Gasteiger partial charge in [-0.3, -0.25) is 0 Å². The van der Waals surface area contributed by atoms with Gasteiger partial charge < -0.3 is 0 Å². The fraction of sp³-hybridized carbons (Fsp3) is 0.130. The molecule has 2 aromatic carbocycles. The quantitative estimate of drug-likeness (QED) is 0.367. The van der Waals surface area contributed by atoms with Gasteiger partial charge in [0.15, 0.2) is 0 Å². The summed E-state index contributed by atoms with van der Waals surface area (Å²) in [4.78, 5) is 17.0. The number of amides is 1. The Labute approximate surface area is 179 Å². The Kier molecular flexibility index (Phi) is 4.81. The fourth-order valence-electron chi connectivity index (χ4n) is 4.16. The molecule has 1 amide bonds. The zero-order chi connectivity index (χ0) is 19.8. The second kappa shape index (κ2) is 7.61. The first-order valence-corrected chi connectivity index (χ1v) is 11.7. The average Bonchev–Trinajstić information content (AvgIpc) is 2.94. The maximum absolute atomic E-state index is 12.7. The van der Waals surface area contributed by atoms with Crippen LogP contribution in [-0.4, -0.2) is 16.0 Å². The first-order chi connectivity index (χ1) is 14.3. The number of hydrogen-bond donors (Lipinski definition) is 3. The van der Waals surface area contributed by atoms with Crippen molar-refractivity contribution >= 4 is 17.2 Å². The van der Waals surface area contributed by atoms with Gasteiger partial charge in [0.25, 0.3) is 0 Å². The molecule has 3 heterocycles. The fourth-order valence-corrected chi connectivity index (χ4v) is 5.92. The number of anilines is 1. The third kappa shape index (κ3) is 3.22. The number of nitrogens with zero attached hydrogens (tertiary/aromatic N) is 1. The van der Waals surface area contributed by atoms with E-state index in [0.29, 0.717) is 5.56 Å². The molecular weight excluding hydrogens is 477 g/mol. The van der Waals surface area contributed by atoms with Crippen LogP contribution in [0.3, 0.4) is 0 Å². The molecule has 3 aromatic rings. The number of benzene rings is 2. The number of carbonyl (C=O) groups is 1. The van der Waals surface area contributed by atoms with Crippen LogP contribution in [0.1, 0.15) is 44.6 Å². The molecule has 146 valence electrons. The minimum atomic E-state index is -0.601. The molecule has 6 heteroatoms. The zero-order valence-electron chi connectivity index (χ0n) is 15.5. The Morgan fingerprint density at radius 1 is 1.07 bits per heavy atom. The molecular formula is C23H19IN3O2-. The van der Waals surface area contributed by atoms with E-state index >= 15 is 0 Å². The van der Waals surface area contributed by atoms with Crippen molar-refractivity contribution in [3.05, 3.63) is 98.9 Å². The summed E-state index contributed by atoms with van der Waals surface area (Å²) < 4.78 is 5.31. The third-order valence-corrected chi connectivity index (χ3v) is 7.21. The summed E-state index contributed by atoms with van der Waals surface area (Å²) in [6.07, 6.45) is 3.67. The molecule has 0 saturated carbocycles. The summed E-state index contributed by atoms with van der Waals surface area (Å²) >= 11 is -0.601. The topological polar surface area (TPSA) is 74.2 Å². The summed E-state index contributed by atoms with van der Waals surface area (Å²) in [6, 6.07) is 17.9. The molecule has 2 aliphatic heterocycles. The number of pyridine rings is 1. The normalized spacial score (nSPS) is 20.3. The summed E-state index contributed by atoms with van der Waals surface area (Å²) in [6.45, 7) is -0.000591. The summed E-state index contributed by atoms with van der Waals surface area (Å²) in [5.74, 6) is -0.00265. The van der Waals surface area contributed by atoms with Crippen LogP contribution >= 0.6 is 0 Å². The Morgan fingerprint density at radius 3 is 2.76 bits per heavy atom. The van der Waals surface area contributed by atoms with Crippen LogP contribution in [-0.2, 0) is 6.61 Å². The van der Waals surface area contributed by atoms with Gasteiger partial charge in [0.05, 0.1) is 0 Å². The van der Waals surface area contributed by atoms with Gasteiger partial charge in [-0.25, -0.2) is 0 Å². The Bertz CT molecular complexity index is 1110. The SMILES string of the molecule is O=C1N[I-]C=C2c3c(cccc31)NC(c1cccnc1)C2c1cccc(CO)c1. The molecule has 2 unspecified atom stereocenters. The number of hydrogen-bond acceptors (Lipinski definition) is 4. The Balaban J connectivity index is 1.75. The van der Waals surface area contributed by atoms with E-state index in [0.717, 1.165) is 27.9 Å². The van der Waals surface area contributed by atoms with Gasteiger partial charge in [0.2, 0.25) is 0 Å². The van der Waals surface area contributed by atoms with Crippen LogP contribution in [0.2, 0.25) is 0 Å². The second-order valence-corrected chi connectivity index (χ2v) is 8.90. The molecule has 29 heavy (non-hydrogen) atoms. The number of aliphatic hydroxyl groups is 1. The molecule has 3 N–H and O–H groups in total. The van der Waals surface area contributed by atoms with Crippen molar-refractivity contribution < 1.29 is 31.4 Å². The first-order valence-electron chi connectivity index (χ1n) is 9.38. The molecule has 0 radical (unpaired) electrons. The number of nitrogens with one attached hydrogen (secondary N) is 2. The van der Waals surface area contributed by atoms with Gasteiger partial charge in [-0.2, -0.15) is 0 Å². The molecule has 2 aliphatic rings. The first kappa shape index (κ1) is 18.3. The van der Waals surface area contributed by atoms with E-state index in [9.17, 15) is 9.90 Å². The molecule has 0 bridgehead atoms. The van der Waals surface area contributed by atoms with Crippen LogP contribution in [0.25, 0.3) is 5.57 Å². The molecule has 0 saturated heterocycles. The molecule has 0 fully saturated rings. The van der Waals surface area contributed by atoms with Gasteiger partial charge >= 0.3 is 180 Å². The maximum atomic E-state index is 12.7. The van der Waals surface area contributed by atoms with Crippen molar-refractivity contribution in [3.8, 4) is 0 Å². The van der Waals surface area contributed by atoms with E-state index in [2.05, 4.69) is 36.1 Å². The van der Waals surface area contributed by atoms with Gasteiger partial charge in [-0.15, -0.1) is 0 Å². The number of aliphatic hydroxyl groups excluding tert-OH is 1.